The highest BCUT2D eigenvalue weighted by Crippen LogP contribution is 2.28. The summed E-state index contributed by atoms with van der Waals surface area (Å²) in [5, 5.41) is 0.338. The first kappa shape index (κ1) is 10.7. The maximum atomic E-state index is 12.3. The molecule has 84 valence electrons. The Kier molecular flexibility index (Phi) is 2.26. The van der Waals surface area contributed by atoms with E-state index in [0.717, 1.165) is 6.20 Å². The van der Waals surface area contributed by atoms with E-state index in [4.69, 9.17) is 0 Å². The molecule has 0 atom stereocenters. The highest BCUT2D eigenvalue weighted by Gasteiger charge is 2.40. The van der Waals surface area contributed by atoms with Crippen LogP contribution in [0.3, 0.4) is 0 Å². The number of halogens is 3. The number of carbonyl (C=O) groups excluding carboxylic acids is 1. The molecule has 0 spiro atoms. The topological polar surface area (TPSA) is 32.9 Å². The first-order valence-corrected chi connectivity index (χ1v) is 4.59. The van der Waals surface area contributed by atoms with Crippen molar-refractivity contribution in [2.75, 3.05) is 0 Å². The fourth-order valence-corrected chi connectivity index (χ4v) is 1.70. The smallest absolute Gasteiger partial charge is 0.360 e. The third kappa shape index (κ3) is 1.58. The van der Waals surface area contributed by atoms with Gasteiger partial charge in [-0.05, 0) is 18.6 Å². The zero-order valence-corrected chi connectivity index (χ0v) is 8.35. The zero-order chi connectivity index (χ0) is 11.9. The molecule has 0 aliphatic rings. The second-order valence-corrected chi connectivity index (χ2v) is 3.53. The number of hydrogen-bond donors (Lipinski definition) is 1. The van der Waals surface area contributed by atoms with Gasteiger partial charge in [-0.15, -0.1) is 0 Å². The van der Waals surface area contributed by atoms with Crippen molar-refractivity contribution in [1.82, 2.24) is 4.98 Å². The summed E-state index contributed by atoms with van der Waals surface area (Å²) in [6.07, 6.45) is -3.73. The lowest BCUT2D eigenvalue weighted by Gasteiger charge is -2.04. The van der Waals surface area contributed by atoms with Crippen LogP contribution < -0.4 is 0 Å². The lowest BCUT2D eigenvalue weighted by molar-refractivity contribution is -0.0884. The van der Waals surface area contributed by atoms with Gasteiger partial charge in [0, 0.05) is 17.1 Å². The molecule has 2 nitrogen and oxygen atoms in total. The predicted molar refractivity (Wildman–Crippen MR) is 53.4 cm³/mol. The number of carbonyl (C=O) groups is 1. The van der Waals surface area contributed by atoms with Crippen LogP contribution in [-0.2, 0) is 0 Å². The SMILES string of the molecule is Cc1cccc2[nH]cc(C(=O)C(F)(F)F)c12. The Balaban J connectivity index is 2.67. The van der Waals surface area contributed by atoms with Crippen molar-refractivity contribution in [1.29, 1.82) is 0 Å². The standard InChI is InChI=1S/C11H8F3NO/c1-6-3-2-4-8-9(6)7(5-15-8)10(16)11(12,13)14/h2-5,15H,1H3. The van der Waals surface area contributed by atoms with Crippen LogP contribution in [0.2, 0.25) is 0 Å². The summed E-state index contributed by atoms with van der Waals surface area (Å²) in [6.45, 7) is 1.67. The molecule has 0 saturated carbocycles. The number of benzene rings is 1. The molecule has 1 heterocycles. The Morgan fingerprint density at radius 1 is 1.31 bits per heavy atom. The van der Waals surface area contributed by atoms with E-state index in [0.29, 0.717) is 16.5 Å². The Labute approximate surface area is 89.1 Å². The van der Waals surface area contributed by atoms with Crippen LogP contribution in [0.15, 0.2) is 24.4 Å². The number of nitrogens with one attached hydrogen (secondary N) is 1. The second kappa shape index (κ2) is 3.37. The van der Waals surface area contributed by atoms with Crippen molar-refractivity contribution in [3.63, 3.8) is 0 Å². The summed E-state index contributed by atoms with van der Waals surface area (Å²) in [4.78, 5) is 13.8. The van der Waals surface area contributed by atoms with Crippen LogP contribution in [0.1, 0.15) is 15.9 Å². The van der Waals surface area contributed by atoms with E-state index in [9.17, 15) is 18.0 Å². The molecule has 0 bridgehead atoms. The normalized spacial score (nSPS) is 12.0. The van der Waals surface area contributed by atoms with Gasteiger partial charge in [0.05, 0.1) is 5.56 Å². The van der Waals surface area contributed by atoms with Gasteiger partial charge < -0.3 is 4.98 Å². The molecule has 5 heteroatoms. The minimum absolute atomic E-state index is 0.319. The lowest BCUT2D eigenvalue weighted by Crippen LogP contribution is -2.22. The molecule has 0 aliphatic heterocycles. The van der Waals surface area contributed by atoms with Crippen molar-refractivity contribution >= 4 is 16.7 Å². The van der Waals surface area contributed by atoms with Gasteiger partial charge in [-0.3, -0.25) is 4.79 Å². The molecule has 2 aromatic rings. The van der Waals surface area contributed by atoms with Gasteiger partial charge in [-0.2, -0.15) is 13.2 Å². The van der Waals surface area contributed by atoms with E-state index < -0.39 is 12.0 Å². The quantitative estimate of drug-likeness (QED) is 0.745. The molecule has 2 rings (SSSR count). The fraction of sp³-hybridized carbons (Fsp3) is 0.182. The minimum Gasteiger partial charge on any atom is -0.360 e. The van der Waals surface area contributed by atoms with Gasteiger partial charge in [-0.25, -0.2) is 0 Å². The molecule has 1 aromatic heterocycles. The van der Waals surface area contributed by atoms with E-state index in [1.54, 1.807) is 25.1 Å². The molecule has 16 heavy (non-hydrogen) atoms. The van der Waals surface area contributed by atoms with Gasteiger partial charge in [-0.1, -0.05) is 12.1 Å². The summed E-state index contributed by atoms with van der Waals surface area (Å²) >= 11 is 0. The summed E-state index contributed by atoms with van der Waals surface area (Å²) in [5.74, 6) is -1.81. The van der Waals surface area contributed by atoms with Crippen LogP contribution >= 0.6 is 0 Å². The Morgan fingerprint density at radius 3 is 2.62 bits per heavy atom. The third-order valence-electron chi connectivity index (χ3n) is 2.42. The molecule has 0 saturated heterocycles. The van der Waals surface area contributed by atoms with Crippen molar-refractivity contribution < 1.29 is 18.0 Å². The fourth-order valence-electron chi connectivity index (χ4n) is 1.70. The molecule has 0 unspecified atom stereocenters. The van der Waals surface area contributed by atoms with Gasteiger partial charge in [0.1, 0.15) is 0 Å². The molecule has 0 radical (unpaired) electrons. The zero-order valence-electron chi connectivity index (χ0n) is 8.35. The monoisotopic (exact) mass is 227 g/mol. The number of alkyl halides is 3. The Hall–Kier alpha value is -1.78. The molecular formula is C11H8F3NO. The minimum atomic E-state index is -4.84. The summed E-state index contributed by atoms with van der Waals surface area (Å²) in [6, 6.07) is 5.02. The molecule has 1 N–H and O–H groups in total. The molecule has 0 fully saturated rings. The molecule has 1 aromatic carbocycles. The van der Waals surface area contributed by atoms with Crippen LogP contribution in [0.5, 0.6) is 0 Å². The van der Waals surface area contributed by atoms with Gasteiger partial charge in [0.2, 0.25) is 0 Å². The molecular weight excluding hydrogens is 219 g/mol. The summed E-state index contributed by atoms with van der Waals surface area (Å²) in [5.41, 5.74) is 0.861. The second-order valence-electron chi connectivity index (χ2n) is 3.53. The van der Waals surface area contributed by atoms with Crippen molar-refractivity contribution in [3.05, 3.63) is 35.5 Å². The van der Waals surface area contributed by atoms with E-state index in [1.807, 2.05) is 0 Å². The number of aromatic nitrogens is 1. The van der Waals surface area contributed by atoms with Crippen LogP contribution in [-0.4, -0.2) is 16.9 Å². The average Bonchev–Trinajstić information content (AvgIpc) is 2.60. The average molecular weight is 227 g/mol. The summed E-state index contributed by atoms with van der Waals surface area (Å²) < 4.78 is 36.9. The largest absolute Gasteiger partial charge is 0.454 e. The highest BCUT2D eigenvalue weighted by atomic mass is 19.4. The number of Topliss-reactive ketones (excluding diaryl/α,β-unsaturated/α-hetero) is 1. The number of ketones is 1. The first-order valence-electron chi connectivity index (χ1n) is 4.59. The lowest BCUT2D eigenvalue weighted by atomic mass is 10.0. The van der Waals surface area contributed by atoms with Crippen molar-refractivity contribution in [3.8, 4) is 0 Å². The van der Waals surface area contributed by atoms with Gasteiger partial charge in [0.15, 0.2) is 0 Å². The Bertz CT molecular complexity index is 554. The Morgan fingerprint density at radius 2 is 2.00 bits per heavy atom. The van der Waals surface area contributed by atoms with Crippen molar-refractivity contribution in [2.45, 2.75) is 13.1 Å². The molecule has 0 amide bonds. The highest BCUT2D eigenvalue weighted by molar-refractivity contribution is 6.11. The van der Waals surface area contributed by atoms with Crippen molar-refractivity contribution in [2.24, 2.45) is 0 Å². The number of H-pyrrole nitrogens is 1. The number of fused-ring (bicyclic) bond motifs is 1. The first-order chi connectivity index (χ1) is 7.41. The molecule has 0 aliphatic carbocycles. The number of aromatic amines is 1. The van der Waals surface area contributed by atoms with Crippen LogP contribution in [0.4, 0.5) is 13.2 Å². The van der Waals surface area contributed by atoms with E-state index >= 15 is 0 Å². The van der Waals surface area contributed by atoms with E-state index in [1.165, 1.54) is 0 Å². The summed E-state index contributed by atoms with van der Waals surface area (Å²) in [7, 11) is 0. The van der Waals surface area contributed by atoms with Crippen LogP contribution in [0.25, 0.3) is 10.9 Å². The van der Waals surface area contributed by atoms with Gasteiger partial charge in [0.25, 0.3) is 5.78 Å². The van der Waals surface area contributed by atoms with Gasteiger partial charge >= 0.3 is 6.18 Å². The predicted octanol–water partition coefficient (Wildman–Crippen LogP) is 3.22. The number of aryl methyl sites for hydroxylation is 1. The third-order valence-corrected chi connectivity index (χ3v) is 2.42. The van der Waals surface area contributed by atoms with Crippen LogP contribution in [0, 0.1) is 6.92 Å². The maximum Gasteiger partial charge on any atom is 0.454 e. The maximum absolute atomic E-state index is 12.3. The van der Waals surface area contributed by atoms with E-state index in [2.05, 4.69) is 4.98 Å². The number of hydrogen-bond acceptors (Lipinski definition) is 1. The van der Waals surface area contributed by atoms with E-state index in [-0.39, 0.29) is 5.56 Å². The number of rotatable bonds is 1.